The summed E-state index contributed by atoms with van der Waals surface area (Å²) in [5.41, 5.74) is 6.99. The minimum Gasteiger partial charge on any atom is -0.491 e. The molecule has 0 saturated carbocycles. The molecule has 2 N–H and O–H groups in total. The molecule has 2 nitrogen and oxygen atoms in total. The van der Waals surface area contributed by atoms with E-state index in [0.29, 0.717) is 6.54 Å². The highest BCUT2D eigenvalue weighted by atomic mass is 16.5. The Morgan fingerprint density at radius 1 is 0.815 bits per heavy atom. The number of hydrogen-bond donors (Lipinski definition) is 1. The van der Waals surface area contributed by atoms with Gasteiger partial charge in [-0.1, -0.05) is 96.1 Å². The predicted molar refractivity (Wildman–Crippen MR) is 120 cm³/mol. The van der Waals surface area contributed by atoms with Crippen LogP contribution in [0.5, 0.6) is 5.75 Å². The zero-order valence-electron chi connectivity index (χ0n) is 18.2. The van der Waals surface area contributed by atoms with Crippen molar-refractivity contribution >= 4 is 0 Å². The van der Waals surface area contributed by atoms with Crippen molar-refractivity contribution in [1.82, 2.24) is 0 Å². The Kier molecular flexibility index (Phi) is 15.2. The van der Waals surface area contributed by atoms with Gasteiger partial charge in [0.2, 0.25) is 0 Å². The summed E-state index contributed by atoms with van der Waals surface area (Å²) < 4.78 is 5.93. The Labute approximate surface area is 169 Å². The number of aryl methyl sites for hydroxylation is 1. The van der Waals surface area contributed by atoms with E-state index in [-0.39, 0.29) is 6.10 Å². The Balaban J connectivity index is 1.97. The molecule has 0 heterocycles. The van der Waals surface area contributed by atoms with Crippen LogP contribution < -0.4 is 10.5 Å². The van der Waals surface area contributed by atoms with Crippen LogP contribution in [0, 0.1) is 0 Å². The molecule has 0 saturated heterocycles. The van der Waals surface area contributed by atoms with Crippen molar-refractivity contribution in [2.75, 3.05) is 6.54 Å². The van der Waals surface area contributed by atoms with Gasteiger partial charge in [0.25, 0.3) is 0 Å². The first kappa shape index (κ1) is 24.0. The minimum absolute atomic E-state index is 0.196. The highest BCUT2D eigenvalue weighted by molar-refractivity contribution is 5.28. The van der Waals surface area contributed by atoms with Gasteiger partial charge < -0.3 is 10.5 Å². The molecule has 0 aliphatic heterocycles. The molecule has 0 radical (unpaired) electrons. The van der Waals surface area contributed by atoms with Crippen molar-refractivity contribution in [2.45, 2.75) is 116 Å². The zero-order chi connectivity index (χ0) is 19.6. The van der Waals surface area contributed by atoms with Gasteiger partial charge in [-0.25, -0.2) is 0 Å². The summed E-state index contributed by atoms with van der Waals surface area (Å²) in [4.78, 5) is 0. The van der Waals surface area contributed by atoms with Crippen LogP contribution in [-0.4, -0.2) is 12.6 Å². The van der Waals surface area contributed by atoms with Crippen LogP contribution in [0.1, 0.15) is 109 Å². The largest absolute Gasteiger partial charge is 0.491 e. The SMILES string of the molecule is CCCCCCCCCCCCCCCc1cccc(OC(C)CCN)c1. The van der Waals surface area contributed by atoms with Crippen molar-refractivity contribution in [3.63, 3.8) is 0 Å². The molecule has 1 aromatic rings. The van der Waals surface area contributed by atoms with E-state index >= 15 is 0 Å². The topological polar surface area (TPSA) is 35.2 Å². The summed E-state index contributed by atoms with van der Waals surface area (Å²) >= 11 is 0. The second-order valence-electron chi connectivity index (χ2n) is 8.15. The number of hydrogen-bond acceptors (Lipinski definition) is 2. The van der Waals surface area contributed by atoms with Crippen molar-refractivity contribution < 1.29 is 4.74 Å². The number of unbranched alkanes of at least 4 members (excludes halogenated alkanes) is 12. The van der Waals surface area contributed by atoms with Crippen molar-refractivity contribution in [3.05, 3.63) is 29.8 Å². The lowest BCUT2D eigenvalue weighted by Gasteiger charge is -2.14. The van der Waals surface area contributed by atoms with Gasteiger partial charge in [-0.15, -0.1) is 0 Å². The molecule has 1 atom stereocenters. The van der Waals surface area contributed by atoms with Crippen LogP contribution in [0.2, 0.25) is 0 Å². The fraction of sp³-hybridized carbons (Fsp3) is 0.760. The molecule has 1 aromatic carbocycles. The lowest BCUT2D eigenvalue weighted by molar-refractivity contribution is 0.213. The lowest BCUT2D eigenvalue weighted by atomic mass is 10.0. The molecule has 0 amide bonds. The number of nitrogens with two attached hydrogens (primary N) is 1. The Morgan fingerprint density at radius 2 is 1.37 bits per heavy atom. The third-order valence-electron chi connectivity index (χ3n) is 5.38. The normalized spacial score (nSPS) is 12.3. The fourth-order valence-corrected chi connectivity index (χ4v) is 3.65. The first-order valence-corrected chi connectivity index (χ1v) is 11.7. The number of rotatable bonds is 18. The van der Waals surface area contributed by atoms with Crippen LogP contribution in [0.25, 0.3) is 0 Å². The molecule has 1 rings (SSSR count). The van der Waals surface area contributed by atoms with Crippen LogP contribution in [-0.2, 0) is 6.42 Å². The van der Waals surface area contributed by atoms with E-state index < -0.39 is 0 Å². The smallest absolute Gasteiger partial charge is 0.119 e. The van der Waals surface area contributed by atoms with Gasteiger partial charge >= 0.3 is 0 Å². The third-order valence-corrected chi connectivity index (χ3v) is 5.38. The van der Waals surface area contributed by atoms with E-state index in [2.05, 4.69) is 38.1 Å². The average Bonchev–Trinajstić information content (AvgIpc) is 2.66. The van der Waals surface area contributed by atoms with Crippen molar-refractivity contribution in [2.24, 2.45) is 5.73 Å². The highest BCUT2D eigenvalue weighted by Gasteiger charge is 2.03. The quantitative estimate of drug-likeness (QED) is 0.271. The molecule has 0 aliphatic rings. The summed E-state index contributed by atoms with van der Waals surface area (Å²) in [5.74, 6) is 0.989. The summed E-state index contributed by atoms with van der Waals surface area (Å²) in [7, 11) is 0. The van der Waals surface area contributed by atoms with Crippen molar-refractivity contribution in [1.29, 1.82) is 0 Å². The van der Waals surface area contributed by atoms with Crippen LogP contribution in [0.3, 0.4) is 0 Å². The molecular formula is C25H45NO. The maximum absolute atomic E-state index is 5.93. The molecule has 1 unspecified atom stereocenters. The highest BCUT2D eigenvalue weighted by Crippen LogP contribution is 2.18. The van der Waals surface area contributed by atoms with Gasteiger partial charge in [0.15, 0.2) is 0 Å². The number of ether oxygens (including phenoxy) is 1. The first-order valence-electron chi connectivity index (χ1n) is 11.7. The maximum Gasteiger partial charge on any atom is 0.119 e. The van der Waals surface area contributed by atoms with E-state index in [1.54, 1.807) is 0 Å². The second-order valence-corrected chi connectivity index (χ2v) is 8.15. The average molecular weight is 376 g/mol. The van der Waals surface area contributed by atoms with Gasteiger partial charge in [0.1, 0.15) is 5.75 Å². The molecule has 2 heteroatoms. The predicted octanol–water partition coefficient (Wildman–Crippen LogP) is 7.44. The van der Waals surface area contributed by atoms with Gasteiger partial charge in [0, 0.05) is 0 Å². The molecule has 0 aliphatic carbocycles. The van der Waals surface area contributed by atoms with E-state index in [0.717, 1.165) is 12.2 Å². The summed E-state index contributed by atoms with van der Waals surface area (Å²) in [5, 5.41) is 0. The van der Waals surface area contributed by atoms with Gasteiger partial charge in [-0.05, 0) is 50.4 Å². The van der Waals surface area contributed by atoms with Crippen LogP contribution in [0.15, 0.2) is 24.3 Å². The molecule has 156 valence electrons. The number of benzene rings is 1. The molecule has 0 spiro atoms. The van der Waals surface area contributed by atoms with Gasteiger partial charge in [0.05, 0.1) is 6.10 Å². The van der Waals surface area contributed by atoms with Crippen LogP contribution in [0.4, 0.5) is 0 Å². The molecule has 0 fully saturated rings. The van der Waals surface area contributed by atoms with Gasteiger partial charge in [-0.2, -0.15) is 0 Å². The van der Waals surface area contributed by atoms with E-state index in [9.17, 15) is 0 Å². The molecular weight excluding hydrogens is 330 g/mol. The third kappa shape index (κ3) is 13.7. The summed E-state index contributed by atoms with van der Waals surface area (Å²) in [6.07, 6.45) is 20.6. The molecule has 0 bridgehead atoms. The monoisotopic (exact) mass is 375 g/mol. The second kappa shape index (κ2) is 17.1. The van der Waals surface area contributed by atoms with E-state index in [1.807, 2.05) is 0 Å². The standard InChI is InChI=1S/C25H45NO/c1-3-4-5-6-7-8-9-10-11-12-13-14-15-17-24-18-16-19-25(22-24)27-23(2)20-21-26/h16,18-19,22-23H,3-15,17,20-21,26H2,1-2H3. The minimum atomic E-state index is 0.196. The van der Waals surface area contributed by atoms with E-state index in [1.165, 1.54) is 95.5 Å². The van der Waals surface area contributed by atoms with Gasteiger partial charge in [-0.3, -0.25) is 0 Å². The summed E-state index contributed by atoms with van der Waals surface area (Å²) in [6, 6.07) is 8.59. The zero-order valence-corrected chi connectivity index (χ0v) is 18.2. The Hall–Kier alpha value is -1.02. The fourth-order valence-electron chi connectivity index (χ4n) is 3.65. The molecule has 27 heavy (non-hydrogen) atoms. The lowest BCUT2D eigenvalue weighted by Crippen LogP contribution is -2.16. The van der Waals surface area contributed by atoms with E-state index in [4.69, 9.17) is 10.5 Å². The van der Waals surface area contributed by atoms with Crippen molar-refractivity contribution in [3.8, 4) is 5.75 Å². The van der Waals surface area contributed by atoms with Crippen LogP contribution >= 0.6 is 0 Å². The Bertz CT molecular complexity index is 446. The molecule has 0 aromatic heterocycles. The first-order chi connectivity index (χ1) is 13.3. The maximum atomic E-state index is 5.93. The Morgan fingerprint density at radius 3 is 1.93 bits per heavy atom. The summed E-state index contributed by atoms with van der Waals surface area (Å²) in [6.45, 7) is 5.06.